The Balaban J connectivity index is 1.87. The smallest absolute Gasteiger partial charge is 0.118 e. The number of hydrogen-bond acceptors (Lipinski definition) is 3. The summed E-state index contributed by atoms with van der Waals surface area (Å²) in [5.74, 6) is 0. The second-order valence-electron chi connectivity index (χ2n) is 5.95. The molecular formula is C18H14O3. The van der Waals surface area contributed by atoms with Crippen LogP contribution in [0.25, 0.3) is 21.5 Å². The van der Waals surface area contributed by atoms with Gasteiger partial charge in [-0.05, 0) is 44.8 Å². The van der Waals surface area contributed by atoms with Crippen LogP contribution in [0.3, 0.4) is 0 Å². The van der Waals surface area contributed by atoms with Crippen LogP contribution in [0, 0.1) is 0 Å². The van der Waals surface area contributed by atoms with Crippen LogP contribution in [-0.2, 0) is 4.74 Å². The Hall–Kier alpha value is -1.94. The van der Waals surface area contributed by atoms with Gasteiger partial charge in [0.25, 0.3) is 0 Å². The third-order valence-electron chi connectivity index (χ3n) is 4.76. The zero-order valence-electron chi connectivity index (χ0n) is 11.2. The minimum Gasteiger partial charge on any atom is -0.387 e. The molecule has 3 aromatic carbocycles. The molecule has 3 aromatic rings. The lowest BCUT2D eigenvalue weighted by molar-refractivity contribution is 0.0000752. The Morgan fingerprint density at radius 2 is 1.62 bits per heavy atom. The molecule has 5 rings (SSSR count). The highest BCUT2D eigenvalue weighted by Crippen LogP contribution is 2.51. The van der Waals surface area contributed by atoms with Gasteiger partial charge in [-0.1, -0.05) is 36.4 Å². The summed E-state index contributed by atoms with van der Waals surface area (Å²) in [6.07, 6.45) is -2.00. The SMILES string of the molecule is OC1c2cc3c(ccc4ccccc43)cc2C2OC2C1O. The van der Waals surface area contributed by atoms with E-state index in [1.807, 2.05) is 18.2 Å². The lowest BCUT2D eigenvalue weighted by Gasteiger charge is -2.24. The number of epoxide rings is 1. The zero-order valence-corrected chi connectivity index (χ0v) is 11.2. The minimum atomic E-state index is -0.868. The average Bonchev–Trinajstić information content (AvgIpc) is 3.32. The summed E-state index contributed by atoms with van der Waals surface area (Å²) in [7, 11) is 0. The molecule has 0 saturated carbocycles. The molecule has 1 heterocycles. The van der Waals surface area contributed by atoms with Crippen LogP contribution >= 0.6 is 0 Å². The maximum atomic E-state index is 10.3. The van der Waals surface area contributed by atoms with Crippen molar-refractivity contribution in [2.24, 2.45) is 0 Å². The highest BCUT2D eigenvalue weighted by Gasteiger charge is 2.53. The molecule has 1 saturated heterocycles. The van der Waals surface area contributed by atoms with Crippen molar-refractivity contribution in [3.63, 3.8) is 0 Å². The van der Waals surface area contributed by atoms with Crippen molar-refractivity contribution in [3.8, 4) is 0 Å². The molecule has 0 amide bonds. The maximum absolute atomic E-state index is 10.3. The van der Waals surface area contributed by atoms with E-state index in [1.54, 1.807) is 0 Å². The Bertz CT molecular complexity index is 886. The van der Waals surface area contributed by atoms with Crippen molar-refractivity contribution in [1.29, 1.82) is 0 Å². The van der Waals surface area contributed by atoms with Crippen LogP contribution < -0.4 is 0 Å². The Morgan fingerprint density at radius 3 is 2.52 bits per heavy atom. The quantitative estimate of drug-likeness (QED) is 0.491. The van der Waals surface area contributed by atoms with Crippen molar-refractivity contribution in [3.05, 3.63) is 59.7 Å². The summed E-state index contributed by atoms with van der Waals surface area (Å²) < 4.78 is 5.51. The van der Waals surface area contributed by atoms with Crippen molar-refractivity contribution in [2.45, 2.75) is 24.4 Å². The molecule has 1 fully saturated rings. The summed E-state index contributed by atoms with van der Waals surface area (Å²) in [4.78, 5) is 0. The van der Waals surface area contributed by atoms with Gasteiger partial charge >= 0.3 is 0 Å². The molecule has 2 N–H and O–H groups in total. The van der Waals surface area contributed by atoms with Crippen LogP contribution in [0.4, 0.5) is 0 Å². The Kier molecular flexibility index (Phi) is 2.13. The molecular weight excluding hydrogens is 264 g/mol. The van der Waals surface area contributed by atoms with E-state index >= 15 is 0 Å². The topological polar surface area (TPSA) is 53.0 Å². The largest absolute Gasteiger partial charge is 0.387 e. The number of rotatable bonds is 0. The Labute approximate surface area is 121 Å². The van der Waals surface area contributed by atoms with E-state index in [1.165, 1.54) is 10.8 Å². The monoisotopic (exact) mass is 278 g/mol. The molecule has 1 aliphatic heterocycles. The van der Waals surface area contributed by atoms with E-state index in [2.05, 4.69) is 30.3 Å². The van der Waals surface area contributed by atoms with Crippen molar-refractivity contribution in [1.82, 2.24) is 0 Å². The van der Waals surface area contributed by atoms with Gasteiger partial charge in [-0.15, -0.1) is 0 Å². The molecule has 1 aliphatic carbocycles. The number of hydrogen-bond donors (Lipinski definition) is 2. The number of aliphatic hydroxyl groups is 2. The van der Waals surface area contributed by atoms with Gasteiger partial charge in [0, 0.05) is 0 Å². The molecule has 0 aromatic heterocycles. The standard InChI is InChI=1S/C18H14O3/c19-15-13-8-12-10(6-5-9-3-1-2-4-11(9)12)7-14(13)17-18(21-17)16(15)20/h1-8,15-20H. The van der Waals surface area contributed by atoms with Gasteiger partial charge in [0.05, 0.1) is 0 Å². The zero-order chi connectivity index (χ0) is 14.1. The van der Waals surface area contributed by atoms with Crippen LogP contribution in [0.1, 0.15) is 23.3 Å². The first-order valence-electron chi connectivity index (χ1n) is 7.21. The third kappa shape index (κ3) is 1.48. The second-order valence-corrected chi connectivity index (χ2v) is 5.95. The number of aliphatic hydroxyl groups excluding tert-OH is 2. The normalized spacial score (nSPS) is 30.2. The van der Waals surface area contributed by atoms with Crippen LogP contribution in [0.5, 0.6) is 0 Å². The first-order chi connectivity index (χ1) is 10.2. The molecule has 4 atom stereocenters. The molecule has 3 nitrogen and oxygen atoms in total. The van der Waals surface area contributed by atoms with E-state index in [0.29, 0.717) is 0 Å². The predicted octanol–water partition coefficient (Wildman–Crippen LogP) is 2.84. The summed E-state index contributed by atoms with van der Waals surface area (Å²) >= 11 is 0. The van der Waals surface area contributed by atoms with E-state index in [-0.39, 0.29) is 12.2 Å². The fraction of sp³-hybridized carbons (Fsp3) is 0.222. The van der Waals surface area contributed by atoms with Gasteiger partial charge in [0.15, 0.2) is 0 Å². The molecule has 0 bridgehead atoms. The van der Waals surface area contributed by atoms with Crippen molar-refractivity contribution < 1.29 is 14.9 Å². The number of ether oxygens (including phenoxy) is 1. The first kappa shape index (κ1) is 11.7. The Morgan fingerprint density at radius 1 is 0.810 bits per heavy atom. The lowest BCUT2D eigenvalue weighted by Crippen LogP contribution is -2.28. The van der Waals surface area contributed by atoms with Gasteiger partial charge in [0.2, 0.25) is 0 Å². The molecule has 0 radical (unpaired) electrons. The summed E-state index contributed by atoms with van der Waals surface area (Å²) in [6.45, 7) is 0. The van der Waals surface area contributed by atoms with Gasteiger partial charge < -0.3 is 14.9 Å². The summed E-state index contributed by atoms with van der Waals surface area (Å²) in [5, 5.41) is 25.0. The molecule has 2 aliphatic rings. The predicted molar refractivity (Wildman–Crippen MR) is 80.0 cm³/mol. The van der Waals surface area contributed by atoms with Gasteiger partial charge in [-0.3, -0.25) is 0 Å². The number of benzene rings is 3. The fourth-order valence-electron chi connectivity index (χ4n) is 3.59. The molecule has 3 heteroatoms. The third-order valence-corrected chi connectivity index (χ3v) is 4.76. The van der Waals surface area contributed by atoms with Gasteiger partial charge in [-0.2, -0.15) is 0 Å². The second kappa shape index (κ2) is 3.83. The van der Waals surface area contributed by atoms with Crippen molar-refractivity contribution >= 4 is 21.5 Å². The first-order valence-corrected chi connectivity index (χ1v) is 7.21. The molecule has 4 unspecified atom stereocenters. The molecule has 104 valence electrons. The van der Waals surface area contributed by atoms with E-state index in [0.717, 1.165) is 21.9 Å². The highest BCUT2D eigenvalue weighted by molar-refractivity contribution is 6.08. The van der Waals surface area contributed by atoms with Crippen molar-refractivity contribution in [2.75, 3.05) is 0 Å². The summed E-state index contributed by atoms with van der Waals surface area (Å²) in [6, 6.07) is 16.5. The lowest BCUT2D eigenvalue weighted by atomic mass is 9.85. The average molecular weight is 278 g/mol. The van der Waals surface area contributed by atoms with E-state index < -0.39 is 12.2 Å². The van der Waals surface area contributed by atoms with Gasteiger partial charge in [0.1, 0.15) is 24.4 Å². The van der Waals surface area contributed by atoms with Crippen LogP contribution in [0.15, 0.2) is 48.5 Å². The highest BCUT2D eigenvalue weighted by atomic mass is 16.6. The van der Waals surface area contributed by atoms with E-state index in [9.17, 15) is 10.2 Å². The number of fused-ring (bicyclic) bond motifs is 6. The summed E-state index contributed by atoms with van der Waals surface area (Å²) in [5.41, 5.74) is 1.81. The van der Waals surface area contributed by atoms with E-state index in [4.69, 9.17) is 4.74 Å². The van der Waals surface area contributed by atoms with Gasteiger partial charge in [-0.25, -0.2) is 0 Å². The maximum Gasteiger partial charge on any atom is 0.118 e. The molecule has 21 heavy (non-hydrogen) atoms. The van der Waals surface area contributed by atoms with Crippen LogP contribution in [0.2, 0.25) is 0 Å². The minimum absolute atomic E-state index is 0.0609. The van der Waals surface area contributed by atoms with Crippen LogP contribution in [-0.4, -0.2) is 22.4 Å². The fourth-order valence-corrected chi connectivity index (χ4v) is 3.59. The molecule has 0 spiro atoms.